The molecule has 0 aliphatic carbocycles. The molecular weight excluding hydrogens is 312 g/mol. The van der Waals surface area contributed by atoms with E-state index in [1.54, 1.807) is 43.8 Å². The van der Waals surface area contributed by atoms with Crippen LogP contribution in [0.5, 0.6) is 11.5 Å². The van der Waals surface area contributed by atoms with Crippen LogP contribution >= 0.6 is 11.3 Å². The van der Waals surface area contributed by atoms with E-state index in [4.69, 9.17) is 9.47 Å². The van der Waals surface area contributed by atoms with Gasteiger partial charge >= 0.3 is 0 Å². The number of nitrogens with zero attached hydrogens (tertiary/aromatic N) is 1. The van der Waals surface area contributed by atoms with Gasteiger partial charge in [0.05, 0.1) is 20.8 Å². The lowest BCUT2D eigenvalue weighted by molar-refractivity contribution is -0.117. The van der Waals surface area contributed by atoms with Crippen LogP contribution in [0, 0.1) is 6.92 Å². The Hall–Kier alpha value is -2.05. The van der Waals surface area contributed by atoms with E-state index >= 15 is 0 Å². The third kappa shape index (κ3) is 4.71. The number of carbonyl (C=O) groups is 1. The molecule has 1 aromatic heterocycles. The Morgan fingerprint density at radius 2 is 1.96 bits per heavy atom. The van der Waals surface area contributed by atoms with Crippen LogP contribution in [0.1, 0.15) is 10.4 Å². The van der Waals surface area contributed by atoms with Gasteiger partial charge in [-0.05, 0) is 43.1 Å². The van der Waals surface area contributed by atoms with E-state index in [9.17, 15) is 4.79 Å². The number of rotatable bonds is 7. The zero-order valence-electron chi connectivity index (χ0n) is 13.9. The van der Waals surface area contributed by atoms with E-state index in [1.165, 1.54) is 10.4 Å². The third-order valence-corrected chi connectivity index (χ3v) is 4.47. The van der Waals surface area contributed by atoms with Gasteiger partial charge in [0, 0.05) is 23.2 Å². The van der Waals surface area contributed by atoms with Gasteiger partial charge in [0.1, 0.15) is 0 Å². The van der Waals surface area contributed by atoms with Gasteiger partial charge < -0.3 is 14.8 Å². The number of hydrogen-bond donors (Lipinski definition) is 1. The molecule has 0 fully saturated rings. The number of likely N-dealkylation sites (N-methyl/N-ethyl adjacent to an activating group) is 1. The summed E-state index contributed by atoms with van der Waals surface area (Å²) in [5.74, 6) is 1.16. The van der Waals surface area contributed by atoms with E-state index < -0.39 is 0 Å². The molecule has 6 heteroatoms. The van der Waals surface area contributed by atoms with Crippen molar-refractivity contribution < 1.29 is 14.3 Å². The number of methoxy groups -OCH3 is 2. The molecule has 0 aliphatic rings. The third-order valence-electron chi connectivity index (χ3n) is 3.46. The molecule has 0 radical (unpaired) electrons. The van der Waals surface area contributed by atoms with Crippen LogP contribution in [0.25, 0.3) is 0 Å². The van der Waals surface area contributed by atoms with Crippen molar-refractivity contribution in [2.45, 2.75) is 13.5 Å². The number of carbonyl (C=O) groups excluding carboxylic acids is 1. The summed E-state index contributed by atoms with van der Waals surface area (Å²) in [5.41, 5.74) is 1.95. The standard InChI is InChI=1S/C17H22N2O3S/c1-12-7-8-23-16(12)10-19(2)11-17(20)18-13-5-6-14(21-3)15(9-13)22-4/h5-9H,10-11H2,1-4H3,(H,18,20). The molecule has 0 atom stereocenters. The molecule has 0 aliphatic heterocycles. The molecule has 2 aromatic rings. The lowest BCUT2D eigenvalue weighted by Gasteiger charge is -2.16. The molecule has 1 N–H and O–H groups in total. The van der Waals surface area contributed by atoms with Crippen LogP contribution in [0.2, 0.25) is 0 Å². The highest BCUT2D eigenvalue weighted by atomic mass is 32.1. The minimum atomic E-state index is -0.0612. The first kappa shape index (κ1) is 17.3. The number of anilines is 1. The second kappa shape index (κ2) is 7.99. The fourth-order valence-electron chi connectivity index (χ4n) is 2.23. The molecule has 0 bridgehead atoms. The maximum Gasteiger partial charge on any atom is 0.238 e. The Labute approximate surface area is 140 Å². The SMILES string of the molecule is COc1ccc(NC(=O)CN(C)Cc2sccc2C)cc1OC. The van der Waals surface area contributed by atoms with Gasteiger partial charge in [-0.2, -0.15) is 0 Å². The van der Waals surface area contributed by atoms with Crippen molar-refractivity contribution in [1.82, 2.24) is 4.90 Å². The highest BCUT2D eigenvalue weighted by molar-refractivity contribution is 7.10. The summed E-state index contributed by atoms with van der Waals surface area (Å²) in [6.07, 6.45) is 0. The number of aryl methyl sites for hydroxylation is 1. The van der Waals surface area contributed by atoms with Gasteiger partial charge in [-0.3, -0.25) is 9.69 Å². The van der Waals surface area contributed by atoms with Gasteiger partial charge in [-0.15, -0.1) is 11.3 Å². The molecule has 1 aromatic carbocycles. The molecule has 2 rings (SSSR count). The fourth-order valence-corrected chi connectivity index (χ4v) is 3.21. The van der Waals surface area contributed by atoms with Crippen LogP contribution < -0.4 is 14.8 Å². The number of benzene rings is 1. The van der Waals surface area contributed by atoms with Gasteiger partial charge in [-0.1, -0.05) is 0 Å². The Balaban J connectivity index is 1.92. The number of hydrogen-bond acceptors (Lipinski definition) is 5. The molecule has 0 saturated heterocycles. The van der Waals surface area contributed by atoms with Gasteiger partial charge in [0.15, 0.2) is 11.5 Å². The van der Waals surface area contributed by atoms with Crippen LogP contribution in [-0.2, 0) is 11.3 Å². The largest absolute Gasteiger partial charge is 0.493 e. The smallest absolute Gasteiger partial charge is 0.238 e. The second-order valence-corrected chi connectivity index (χ2v) is 6.32. The molecule has 0 spiro atoms. The average Bonchev–Trinajstić information content (AvgIpc) is 2.91. The quantitative estimate of drug-likeness (QED) is 0.845. The molecule has 124 valence electrons. The van der Waals surface area contributed by atoms with E-state index in [0.717, 1.165) is 6.54 Å². The summed E-state index contributed by atoms with van der Waals surface area (Å²) in [5, 5.41) is 4.95. The average molecular weight is 334 g/mol. The Morgan fingerprint density at radius 3 is 2.57 bits per heavy atom. The predicted molar refractivity (Wildman–Crippen MR) is 93.6 cm³/mol. The topological polar surface area (TPSA) is 50.8 Å². The molecular formula is C17H22N2O3S. The monoisotopic (exact) mass is 334 g/mol. The predicted octanol–water partition coefficient (Wildman–Crippen LogP) is 3.14. The van der Waals surface area contributed by atoms with Crippen molar-refractivity contribution in [3.63, 3.8) is 0 Å². The summed E-state index contributed by atoms with van der Waals surface area (Å²) < 4.78 is 10.4. The first-order chi connectivity index (χ1) is 11.0. The van der Waals surface area contributed by atoms with Gasteiger partial charge in [0.25, 0.3) is 0 Å². The molecule has 23 heavy (non-hydrogen) atoms. The Kier molecular flexibility index (Phi) is 6.01. The summed E-state index contributed by atoms with van der Waals surface area (Å²) in [7, 11) is 5.09. The van der Waals surface area contributed by atoms with Crippen molar-refractivity contribution in [3.05, 3.63) is 40.1 Å². The van der Waals surface area contributed by atoms with E-state index in [1.807, 2.05) is 11.9 Å². The Morgan fingerprint density at radius 1 is 1.22 bits per heavy atom. The van der Waals surface area contributed by atoms with Crippen molar-refractivity contribution in [3.8, 4) is 11.5 Å². The molecule has 0 saturated carbocycles. The Bertz CT molecular complexity index is 670. The highest BCUT2D eigenvalue weighted by Gasteiger charge is 2.11. The minimum absolute atomic E-state index is 0.0612. The van der Waals surface area contributed by atoms with Crippen molar-refractivity contribution >= 4 is 22.9 Å². The first-order valence-electron chi connectivity index (χ1n) is 7.27. The van der Waals surface area contributed by atoms with E-state index in [-0.39, 0.29) is 5.91 Å². The summed E-state index contributed by atoms with van der Waals surface area (Å²) >= 11 is 1.71. The minimum Gasteiger partial charge on any atom is -0.493 e. The van der Waals surface area contributed by atoms with Crippen molar-refractivity contribution in [2.24, 2.45) is 0 Å². The fraction of sp³-hybridized carbons (Fsp3) is 0.353. The number of thiophene rings is 1. The van der Waals surface area contributed by atoms with Crippen LogP contribution in [-0.4, -0.2) is 38.6 Å². The normalized spacial score (nSPS) is 10.7. The van der Waals surface area contributed by atoms with E-state index in [0.29, 0.717) is 23.7 Å². The lowest BCUT2D eigenvalue weighted by Crippen LogP contribution is -2.29. The second-order valence-electron chi connectivity index (χ2n) is 5.32. The summed E-state index contributed by atoms with van der Waals surface area (Å²) in [6.45, 7) is 3.18. The number of amides is 1. The highest BCUT2D eigenvalue weighted by Crippen LogP contribution is 2.29. The van der Waals surface area contributed by atoms with Crippen LogP contribution in [0.3, 0.4) is 0 Å². The van der Waals surface area contributed by atoms with E-state index in [2.05, 4.69) is 23.7 Å². The summed E-state index contributed by atoms with van der Waals surface area (Å²) in [4.78, 5) is 15.4. The summed E-state index contributed by atoms with van der Waals surface area (Å²) in [6, 6.07) is 7.41. The van der Waals surface area contributed by atoms with Crippen molar-refractivity contribution in [1.29, 1.82) is 0 Å². The zero-order chi connectivity index (χ0) is 16.8. The lowest BCUT2D eigenvalue weighted by atomic mass is 10.2. The molecule has 5 nitrogen and oxygen atoms in total. The van der Waals surface area contributed by atoms with Crippen LogP contribution in [0.4, 0.5) is 5.69 Å². The number of ether oxygens (including phenoxy) is 2. The number of nitrogens with one attached hydrogen (secondary N) is 1. The molecule has 1 amide bonds. The van der Waals surface area contributed by atoms with Gasteiger partial charge in [-0.25, -0.2) is 0 Å². The maximum absolute atomic E-state index is 12.2. The maximum atomic E-state index is 12.2. The zero-order valence-corrected chi connectivity index (χ0v) is 14.7. The molecule has 1 heterocycles. The van der Waals surface area contributed by atoms with Crippen LogP contribution in [0.15, 0.2) is 29.6 Å². The van der Waals surface area contributed by atoms with Gasteiger partial charge in [0.2, 0.25) is 5.91 Å². The van der Waals surface area contributed by atoms with Crippen molar-refractivity contribution in [2.75, 3.05) is 33.1 Å². The first-order valence-corrected chi connectivity index (χ1v) is 8.15. The molecule has 0 unspecified atom stereocenters.